The van der Waals surface area contributed by atoms with Crippen LogP contribution in [-0.2, 0) is 9.53 Å². The molecule has 0 aromatic heterocycles. The van der Waals surface area contributed by atoms with Gasteiger partial charge in [-0.05, 0) is 43.5 Å². The van der Waals surface area contributed by atoms with Gasteiger partial charge in [0.1, 0.15) is 0 Å². The monoisotopic (exact) mass is 383 g/mol. The first-order chi connectivity index (χ1) is 13.1. The average molecular weight is 384 g/mol. The molecule has 0 aliphatic carbocycles. The average Bonchev–Trinajstić information content (AvgIpc) is 3.04. The number of para-hydroxylation sites is 1. The lowest BCUT2D eigenvalue weighted by Crippen LogP contribution is -2.44. The number of halogens is 1. The van der Waals surface area contributed by atoms with Crippen LogP contribution in [0.4, 0.5) is 11.4 Å². The number of carbonyl (C=O) groups is 1. The van der Waals surface area contributed by atoms with Crippen molar-refractivity contribution >= 4 is 35.0 Å². The van der Waals surface area contributed by atoms with Crippen LogP contribution in [0, 0.1) is 0 Å². The maximum Gasteiger partial charge on any atom is 0.296 e. The van der Waals surface area contributed by atoms with Crippen LogP contribution in [0.1, 0.15) is 5.56 Å². The molecule has 0 N–H and O–H groups in total. The fourth-order valence-electron chi connectivity index (χ4n) is 3.39. The van der Waals surface area contributed by atoms with Gasteiger partial charge in [0, 0.05) is 48.1 Å². The normalized spacial score (nSPS) is 19.6. The van der Waals surface area contributed by atoms with E-state index in [1.165, 1.54) is 0 Å². The van der Waals surface area contributed by atoms with Gasteiger partial charge >= 0.3 is 0 Å². The molecule has 0 bridgehead atoms. The molecule has 4 rings (SSSR count). The number of piperazine rings is 1. The first kappa shape index (κ1) is 17.9. The van der Waals surface area contributed by atoms with Crippen LogP contribution in [0.3, 0.4) is 0 Å². The minimum Gasteiger partial charge on any atom is -0.467 e. The van der Waals surface area contributed by atoms with Crippen molar-refractivity contribution in [2.45, 2.75) is 0 Å². The van der Waals surface area contributed by atoms with Crippen LogP contribution in [0.15, 0.2) is 54.3 Å². The first-order valence-corrected chi connectivity index (χ1v) is 9.44. The number of likely N-dealkylation sites (N-methyl/N-ethyl adjacent to an activating group) is 1. The number of rotatable bonds is 3. The number of ether oxygens (including phenoxy) is 1. The Bertz CT molecular complexity index is 858. The standard InChI is InChI=1S/C21H22ClN3O2/c1-23-10-12-24(13-11-23)19-5-3-2-4-16(19)14-20-21(26)25(15-27-20)18-8-6-17(22)7-9-18/h2-9,14H,10-13,15H2,1H3/b20-14+. The lowest BCUT2D eigenvalue weighted by Gasteiger charge is -2.34. The molecule has 0 unspecified atom stereocenters. The summed E-state index contributed by atoms with van der Waals surface area (Å²) in [6, 6.07) is 15.4. The lowest BCUT2D eigenvalue weighted by molar-refractivity contribution is -0.114. The number of amides is 1. The van der Waals surface area contributed by atoms with E-state index in [-0.39, 0.29) is 12.6 Å². The highest BCUT2D eigenvalue weighted by Crippen LogP contribution is 2.29. The van der Waals surface area contributed by atoms with Gasteiger partial charge in [0.05, 0.1) is 0 Å². The molecule has 6 heteroatoms. The highest BCUT2D eigenvalue weighted by molar-refractivity contribution is 6.30. The van der Waals surface area contributed by atoms with Gasteiger partial charge in [-0.3, -0.25) is 9.69 Å². The molecule has 2 aliphatic heterocycles. The molecule has 140 valence electrons. The van der Waals surface area contributed by atoms with E-state index in [1.54, 1.807) is 17.0 Å². The Hall–Kier alpha value is -2.50. The summed E-state index contributed by atoms with van der Waals surface area (Å²) in [6.45, 7) is 4.23. The summed E-state index contributed by atoms with van der Waals surface area (Å²) in [5.74, 6) is 0.233. The van der Waals surface area contributed by atoms with E-state index >= 15 is 0 Å². The summed E-state index contributed by atoms with van der Waals surface area (Å²) < 4.78 is 5.70. The quantitative estimate of drug-likeness (QED) is 0.760. The van der Waals surface area contributed by atoms with Crippen molar-refractivity contribution < 1.29 is 9.53 Å². The van der Waals surface area contributed by atoms with Gasteiger partial charge in [0.2, 0.25) is 0 Å². The zero-order valence-corrected chi connectivity index (χ0v) is 16.0. The largest absolute Gasteiger partial charge is 0.467 e. The van der Waals surface area contributed by atoms with E-state index in [0.29, 0.717) is 10.8 Å². The number of benzene rings is 2. The molecule has 0 atom stereocenters. The third-order valence-corrected chi connectivity index (χ3v) is 5.26. The second-order valence-electron chi connectivity index (χ2n) is 6.84. The summed E-state index contributed by atoms with van der Waals surface area (Å²) in [4.78, 5) is 19.1. The lowest BCUT2D eigenvalue weighted by atomic mass is 10.1. The predicted molar refractivity (Wildman–Crippen MR) is 109 cm³/mol. The molecule has 0 spiro atoms. The summed E-state index contributed by atoms with van der Waals surface area (Å²) in [5.41, 5.74) is 2.92. The summed E-state index contributed by atoms with van der Waals surface area (Å²) >= 11 is 5.94. The molecule has 2 aromatic carbocycles. The van der Waals surface area contributed by atoms with Crippen molar-refractivity contribution in [2.75, 3.05) is 49.8 Å². The third-order valence-electron chi connectivity index (χ3n) is 5.01. The minimum atomic E-state index is -0.134. The number of hydrogen-bond acceptors (Lipinski definition) is 4. The molecule has 2 heterocycles. The fourth-order valence-corrected chi connectivity index (χ4v) is 3.52. The van der Waals surface area contributed by atoms with Crippen molar-refractivity contribution in [1.82, 2.24) is 4.90 Å². The number of hydrogen-bond donors (Lipinski definition) is 0. The van der Waals surface area contributed by atoms with Gasteiger partial charge in [0.25, 0.3) is 5.91 Å². The molecule has 5 nitrogen and oxygen atoms in total. The first-order valence-electron chi connectivity index (χ1n) is 9.06. The Labute approximate surface area is 164 Å². The highest BCUT2D eigenvalue weighted by atomic mass is 35.5. The molecular weight excluding hydrogens is 362 g/mol. The van der Waals surface area contributed by atoms with Gasteiger partial charge in [0.15, 0.2) is 12.5 Å². The Morgan fingerprint density at radius 1 is 1.00 bits per heavy atom. The molecule has 2 saturated heterocycles. The van der Waals surface area contributed by atoms with Crippen molar-refractivity contribution in [3.8, 4) is 0 Å². The second-order valence-corrected chi connectivity index (χ2v) is 7.28. The van der Waals surface area contributed by atoms with E-state index in [9.17, 15) is 4.79 Å². The summed E-state index contributed by atoms with van der Waals surface area (Å²) in [6.07, 6.45) is 1.85. The van der Waals surface area contributed by atoms with E-state index in [4.69, 9.17) is 16.3 Å². The van der Waals surface area contributed by atoms with E-state index < -0.39 is 0 Å². The fraction of sp³-hybridized carbons (Fsp3) is 0.286. The molecule has 0 radical (unpaired) electrons. The highest BCUT2D eigenvalue weighted by Gasteiger charge is 2.29. The van der Waals surface area contributed by atoms with Crippen molar-refractivity contribution in [3.05, 3.63) is 64.9 Å². The van der Waals surface area contributed by atoms with E-state index in [0.717, 1.165) is 43.1 Å². The van der Waals surface area contributed by atoms with E-state index in [1.807, 2.05) is 36.4 Å². The van der Waals surface area contributed by atoms with Crippen LogP contribution in [-0.4, -0.2) is 50.8 Å². The van der Waals surface area contributed by atoms with Crippen molar-refractivity contribution in [2.24, 2.45) is 0 Å². The van der Waals surface area contributed by atoms with Gasteiger partial charge in [-0.2, -0.15) is 0 Å². The number of carbonyl (C=O) groups excluding carboxylic acids is 1. The second kappa shape index (κ2) is 7.62. The van der Waals surface area contributed by atoms with Crippen LogP contribution in [0.25, 0.3) is 6.08 Å². The maximum absolute atomic E-state index is 12.8. The van der Waals surface area contributed by atoms with E-state index in [2.05, 4.69) is 22.9 Å². The molecular formula is C21H22ClN3O2. The zero-order valence-electron chi connectivity index (χ0n) is 15.3. The Morgan fingerprint density at radius 3 is 2.44 bits per heavy atom. The minimum absolute atomic E-state index is 0.134. The van der Waals surface area contributed by atoms with Gasteiger partial charge in [-0.15, -0.1) is 0 Å². The van der Waals surface area contributed by atoms with Crippen LogP contribution < -0.4 is 9.80 Å². The molecule has 2 aliphatic rings. The molecule has 0 saturated carbocycles. The number of nitrogens with zero attached hydrogens (tertiary/aromatic N) is 3. The summed E-state index contributed by atoms with van der Waals surface area (Å²) in [5, 5.41) is 0.642. The Kier molecular flexibility index (Phi) is 5.05. The van der Waals surface area contributed by atoms with Crippen LogP contribution in [0.2, 0.25) is 5.02 Å². The van der Waals surface area contributed by atoms with Crippen molar-refractivity contribution in [1.29, 1.82) is 0 Å². The maximum atomic E-state index is 12.8. The predicted octanol–water partition coefficient (Wildman–Crippen LogP) is 3.45. The molecule has 2 fully saturated rings. The Balaban J connectivity index is 1.57. The van der Waals surface area contributed by atoms with Crippen LogP contribution in [0.5, 0.6) is 0 Å². The summed E-state index contributed by atoms with van der Waals surface area (Å²) in [7, 11) is 2.14. The smallest absolute Gasteiger partial charge is 0.296 e. The van der Waals surface area contributed by atoms with Crippen LogP contribution >= 0.6 is 11.6 Å². The van der Waals surface area contributed by atoms with Gasteiger partial charge in [-0.25, -0.2) is 0 Å². The molecule has 2 aromatic rings. The zero-order chi connectivity index (χ0) is 18.8. The molecule has 1 amide bonds. The van der Waals surface area contributed by atoms with Gasteiger partial charge < -0.3 is 14.5 Å². The van der Waals surface area contributed by atoms with Gasteiger partial charge in [-0.1, -0.05) is 29.8 Å². The molecule has 27 heavy (non-hydrogen) atoms. The van der Waals surface area contributed by atoms with Crippen molar-refractivity contribution in [3.63, 3.8) is 0 Å². The third kappa shape index (κ3) is 3.80. The Morgan fingerprint density at radius 2 is 1.70 bits per heavy atom. The SMILES string of the molecule is CN1CCN(c2ccccc2/C=C2/OCN(c3ccc(Cl)cc3)C2=O)CC1. The number of anilines is 2. The topological polar surface area (TPSA) is 36.0 Å².